The number of hydrogen-bond donors (Lipinski definition) is 1. The van der Waals surface area contributed by atoms with Gasteiger partial charge in [0.15, 0.2) is 5.78 Å². The molecule has 0 fully saturated rings. The van der Waals surface area contributed by atoms with Crippen LogP contribution in [0.1, 0.15) is 15.9 Å². The van der Waals surface area contributed by atoms with Gasteiger partial charge < -0.3 is 5.73 Å². The van der Waals surface area contributed by atoms with E-state index in [9.17, 15) is 4.79 Å². The highest BCUT2D eigenvalue weighted by Gasteiger charge is 2.18. The zero-order valence-electron chi connectivity index (χ0n) is 10.9. The smallest absolute Gasteiger partial charge is 0.197 e. The molecule has 0 unspecified atom stereocenters. The molecule has 0 radical (unpaired) electrons. The number of fused-ring (bicyclic) bond motifs is 1. The fourth-order valence-corrected chi connectivity index (χ4v) is 2.87. The molecule has 0 aromatic heterocycles. The zero-order valence-corrected chi connectivity index (χ0v) is 12.4. The van der Waals surface area contributed by atoms with Crippen molar-refractivity contribution in [2.45, 2.75) is 0 Å². The summed E-state index contributed by atoms with van der Waals surface area (Å²) in [7, 11) is 0. The van der Waals surface area contributed by atoms with Crippen molar-refractivity contribution < 1.29 is 4.79 Å². The molecule has 0 aliphatic heterocycles. The molecule has 2 nitrogen and oxygen atoms in total. The summed E-state index contributed by atoms with van der Waals surface area (Å²) < 4.78 is 0. The third kappa shape index (κ3) is 2.37. The van der Waals surface area contributed by atoms with E-state index in [0.29, 0.717) is 26.9 Å². The van der Waals surface area contributed by atoms with Crippen molar-refractivity contribution in [3.63, 3.8) is 0 Å². The SMILES string of the molecule is Nc1cccc(Cl)c1C(=O)c1ccc(Cl)c2ccccc12. The molecular formula is C17H11Cl2NO. The maximum absolute atomic E-state index is 12.8. The second kappa shape index (κ2) is 5.40. The standard InChI is InChI=1S/C17H11Cl2NO/c18-13-9-8-12(10-4-1-2-5-11(10)13)17(21)16-14(19)6-3-7-15(16)20/h1-9H,20H2. The molecule has 3 aromatic rings. The maximum atomic E-state index is 12.8. The molecule has 0 spiro atoms. The Morgan fingerprint density at radius 3 is 2.24 bits per heavy atom. The molecule has 4 heteroatoms. The molecule has 0 aliphatic carbocycles. The number of anilines is 1. The Balaban J connectivity index is 2.26. The summed E-state index contributed by atoms with van der Waals surface area (Å²) >= 11 is 12.3. The maximum Gasteiger partial charge on any atom is 0.197 e. The lowest BCUT2D eigenvalue weighted by Crippen LogP contribution is -2.07. The van der Waals surface area contributed by atoms with Crippen LogP contribution < -0.4 is 5.73 Å². The highest BCUT2D eigenvalue weighted by Crippen LogP contribution is 2.31. The fraction of sp³-hybridized carbons (Fsp3) is 0. The summed E-state index contributed by atoms with van der Waals surface area (Å²) in [6.07, 6.45) is 0. The fourth-order valence-electron chi connectivity index (χ4n) is 2.38. The lowest BCUT2D eigenvalue weighted by Gasteiger charge is -2.10. The zero-order chi connectivity index (χ0) is 15.0. The summed E-state index contributed by atoms with van der Waals surface area (Å²) in [6.45, 7) is 0. The number of benzene rings is 3. The number of carbonyl (C=O) groups is 1. The largest absolute Gasteiger partial charge is 0.398 e. The van der Waals surface area contributed by atoms with Gasteiger partial charge in [0.05, 0.1) is 10.6 Å². The third-order valence-electron chi connectivity index (χ3n) is 3.39. The number of nitrogens with two attached hydrogens (primary N) is 1. The van der Waals surface area contributed by atoms with Gasteiger partial charge in [-0.15, -0.1) is 0 Å². The third-order valence-corrected chi connectivity index (χ3v) is 4.03. The first-order valence-corrected chi connectivity index (χ1v) is 7.11. The summed E-state index contributed by atoms with van der Waals surface area (Å²) in [6, 6.07) is 15.9. The van der Waals surface area contributed by atoms with Crippen molar-refractivity contribution in [3.05, 3.63) is 75.8 Å². The Hall–Kier alpha value is -2.03. The summed E-state index contributed by atoms with van der Waals surface area (Å²) in [4.78, 5) is 12.8. The van der Waals surface area contributed by atoms with Crippen LogP contribution in [0.3, 0.4) is 0 Å². The Morgan fingerprint density at radius 2 is 1.52 bits per heavy atom. The Bertz CT molecular complexity index is 838. The molecule has 0 aliphatic rings. The molecule has 0 amide bonds. The minimum Gasteiger partial charge on any atom is -0.398 e. The van der Waals surface area contributed by atoms with Crippen LogP contribution in [0, 0.1) is 0 Å². The molecule has 3 rings (SSSR count). The van der Waals surface area contributed by atoms with Crippen LogP contribution >= 0.6 is 23.2 Å². The summed E-state index contributed by atoms with van der Waals surface area (Å²) in [5.41, 5.74) is 7.13. The van der Waals surface area contributed by atoms with Crippen LogP contribution in [0.2, 0.25) is 10.0 Å². The molecule has 2 N–H and O–H groups in total. The average molecular weight is 316 g/mol. The number of rotatable bonds is 2. The minimum absolute atomic E-state index is 0.203. The molecule has 0 bridgehead atoms. The number of nitrogen functional groups attached to an aromatic ring is 1. The van der Waals surface area contributed by atoms with Crippen LogP contribution in [-0.4, -0.2) is 5.78 Å². The topological polar surface area (TPSA) is 43.1 Å². The first-order chi connectivity index (χ1) is 10.1. The minimum atomic E-state index is -0.203. The van der Waals surface area contributed by atoms with E-state index in [1.807, 2.05) is 24.3 Å². The monoisotopic (exact) mass is 315 g/mol. The molecule has 3 aromatic carbocycles. The van der Waals surface area contributed by atoms with E-state index in [4.69, 9.17) is 28.9 Å². The predicted octanol–water partition coefficient (Wildman–Crippen LogP) is 4.96. The van der Waals surface area contributed by atoms with Crippen LogP contribution in [0.4, 0.5) is 5.69 Å². The number of hydrogen-bond acceptors (Lipinski definition) is 2. The molecule has 0 saturated carbocycles. The van der Waals surface area contributed by atoms with Crippen molar-refractivity contribution in [2.75, 3.05) is 5.73 Å². The van der Waals surface area contributed by atoms with E-state index >= 15 is 0 Å². The van der Waals surface area contributed by atoms with Gasteiger partial charge in [-0.2, -0.15) is 0 Å². The van der Waals surface area contributed by atoms with Crippen LogP contribution in [0.15, 0.2) is 54.6 Å². The van der Waals surface area contributed by atoms with E-state index in [1.54, 1.807) is 30.3 Å². The highest BCUT2D eigenvalue weighted by molar-refractivity contribution is 6.38. The lowest BCUT2D eigenvalue weighted by molar-refractivity contribution is 0.104. The van der Waals surface area contributed by atoms with Crippen LogP contribution in [0.25, 0.3) is 10.8 Å². The Morgan fingerprint density at radius 1 is 0.810 bits per heavy atom. The van der Waals surface area contributed by atoms with Gasteiger partial charge in [-0.3, -0.25) is 4.79 Å². The molecule has 21 heavy (non-hydrogen) atoms. The van der Waals surface area contributed by atoms with Crippen LogP contribution in [0.5, 0.6) is 0 Å². The van der Waals surface area contributed by atoms with Gasteiger partial charge in [0.2, 0.25) is 0 Å². The van der Waals surface area contributed by atoms with Gasteiger partial charge in [-0.05, 0) is 29.7 Å². The Kier molecular flexibility index (Phi) is 3.58. The molecule has 0 atom stereocenters. The highest BCUT2D eigenvalue weighted by atomic mass is 35.5. The lowest BCUT2D eigenvalue weighted by atomic mass is 9.96. The molecule has 104 valence electrons. The van der Waals surface area contributed by atoms with E-state index in [2.05, 4.69) is 0 Å². The van der Waals surface area contributed by atoms with E-state index in [-0.39, 0.29) is 5.78 Å². The molecule has 0 heterocycles. The van der Waals surface area contributed by atoms with Crippen molar-refractivity contribution in [1.29, 1.82) is 0 Å². The average Bonchev–Trinajstić information content (AvgIpc) is 2.47. The number of ketones is 1. The summed E-state index contributed by atoms with van der Waals surface area (Å²) in [5, 5.41) is 2.57. The van der Waals surface area contributed by atoms with Gasteiger partial charge in [-0.25, -0.2) is 0 Å². The Labute approximate surface area is 132 Å². The first-order valence-electron chi connectivity index (χ1n) is 6.35. The quantitative estimate of drug-likeness (QED) is 0.536. The summed E-state index contributed by atoms with van der Waals surface area (Å²) in [5.74, 6) is -0.203. The van der Waals surface area contributed by atoms with Gasteiger partial charge in [0, 0.05) is 21.7 Å². The molecular weight excluding hydrogens is 305 g/mol. The van der Waals surface area contributed by atoms with Crippen molar-refractivity contribution in [3.8, 4) is 0 Å². The van der Waals surface area contributed by atoms with Gasteiger partial charge in [0.1, 0.15) is 0 Å². The van der Waals surface area contributed by atoms with Gasteiger partial charge in [-0.1, -0.05) is 53.5 Å². The van der Waals surface area contributed by atoms with Crippen LogP contribution in [-0.2, 0) is 0 Å². The normalized spacial score (nSPS) is 10.8. The first kappa shape index (κ1) is 13.9. The van der Waals surface area contributed by atoms with E-state index in [1.165, 1.54) is 0 Å². The second-order valence-electron chi connectivity index (χ2n) is 4.67. The van der Waals surface area contributed by atoms with Gasteiger partial charge >= 0.3 is 0 Å². The van der Waals surface area contributed by atoms with Gasteiger partial charge in [0.25, 0.3) is 0 Å². The second-order valence-corrected chi connectivity index (χ2v) is 5.49. The predicted molar refractivity (Wildman–Crippen MR) is 88.3 cm³/mol. The number of carbonyl (C=O) groups excluding carboxylic acids is 1. The molecule has 0 saturated heterocycles. The van der Waals surface area contributed by atoms with Crippen molar-refractivity contribution in [2.24, 2.45) is 0 Å². The van der Waals surface area contributed by atoms with Crippen molar-refractivity contribution >= 4 is 45.4 Å². The van der Waals surface area contributed by atoms with E-state index in [0.717, 1.165) is 10.8 Å². The number of halogens is 2. The van der Waals surface area contributed by atoms with Crippen molar-refractivity contribution in [1.82, 2.24) is 0 Å². The van der Waals surface area contributed by atoms with E-state index < -0.39 is 0 Å².